The van der Waals surface area contributed by atoms with Crippen LogP contribution in [0.4, 0.5) is 8.78 Å². The van der Waals surface area contributed by atoms with Gasteiger partial charge in [0.05, 0.1) is 19.1 Å². The first-order chi connectivity index (χ1) is 10.9. The normalized spacial score (nSPS) is 25.5. The van der Waals surface area contributed by atoms with E-state index in [0.717, 1.165) is 25.9 Å². The second kappa shape index (κ2) is 6.51. The monoisotopic (exact) mass is 327 g/mol. The Bertz CT molecular complexity index is 554. The van der Waals surface area contributed by atoms with Crippen molar-refractivity contribution in [2.45, 2.75) is 51.0 Å². The van der Waals surface area contributed by atoms with Crippen molar-refractivity contribution in [2.75, 3.05) is 26.2 Å². The molecule has 0 aromatic carbocycles. The number of aryl methyl sites for hydroxylation is 1. The van der Waals surface area contributed by atoms with Crippen molar-refractivity contribution in [3.63, 3.8) is 0 Å². The summed E-state index contributed by atoms with van der Waals surface area (Å²) in [5, 5.41) is 6.65. The quantitative estimate of drug-likeness (QED) is 0.921. The lowest BCUT2D eigenvalue weighted by Crippen LogP contribution is -2.41. The first-order valence-electron chi connectivity index (χ1n) is 8.23. The Hall–Kier alpha value is -1.57. The van der Waals surface area contributed by atoms with Gasteiger partial charge in [0, 0.05) is 6.42 Å². The van der Waals surface area contributed by atoms with E-state index in [1.165, 1.54) is 17.7 Å². The van der Waals surface area contributed by atoms with Gasteiger partial charge in [-0.05, 0) is 32.9 Å². The van der Waals surface area contributed by atoms with Gasteiger partial charge in [0.2, 0.25) is 5.91 Å². The highest BCUT2D eigenvalue weighted by Crippen LogP contribution is 2.39. The number of halogens is 2. The van der Waals surface area contributed by atoms with Crippen LogP contribution in [0.5, 0.6) is 0 Å². The third-order valence-corrected chi connectivity index (χ3v) is 4.56. The fourth-order valence-electron chi connectivity index (χ4n) is 3.40. The minimum atomic E-state index is -2.88. The molecule has 1 amide bonds. The summed E-state index contributed by atoms with van der Waals surface area (Å²) in [6.07, 6.45) is 4.06. The molecule has 8 heteroatoms. The second-order valence-corrected chi connectivity index (χ2v) is 6.57. The molecule has 1 atom stereocenters. The number of rotatable bonds is 3. The number of nitrogens with one attached hydrogen (secondary N) is 1. The molecule has 1 aromatic heterocycles. The van der Waals surface area contributed by atoms with Crippen molar-refractivity contribution in [2.24, 2.45) is 0 Å². The van der Waals surface area contributed by atoms with Crippen LogP contribution in [0.1, 0.15) is 49.8 Å². The van der Waals surface area contributed by atoms with Gasteiger partial charge in [-0.2, -0.15) is 5.10 Å². The molecule has 0 aliphatic carbocycles. The molecular formula is C15H23F2N5O. The Morgan fingerprint density at radius 3 is 2.61 bits per heavy atom. The average Bonchev–Trinajstić information content (AvgIpc) is 2.94. The van der Waals surface area contributed by atoms with Crippen LogP contribution in [0.25, 0.3) is 0 Å². The molecule has 0 unspecified atom stereocenters. The van der Waals surface area contributed by atoms with E-state index in [2.05, 4.69) is 20.1 Å². The van der Waals surface area contributed by atoms with Crippen LogP contribution >= 0.6 is 0 Å². The molecule has 2 fully saturated rings. The number of hydrogen-bond acceptors (Lipinski definition) is 4. The van der Waals surface area contributed by atoms with Crippen LogP contribution < -0.4 is 0 Å². The highest BCUT2D eigenvalue weighted by molar-refractivity contribution is 5.79. The molecule has 0 saturated carbocycles. The van der Waals surface area contributed by atoms with E-state index in [-0.39, 0.29) is 18.3 Å². The molecule has 1 N–H and O–H groups in total. The minimum Gasteiger partial charge on any atom is -0.325 e. The topological polar surface area (TPSA) is 65.1 Å². The zero-order valence-electron chi connectivity index (χ0n) is 13.4. The molecule has 1 aromatic rings. The Morgan fingerprint density at radius 2 is 2.00 bits per heavy atom. The number of carbonyl (C=O) groups excluding carboxylic acids is 1. The number of amides is 1. The molecule has 0 spiro atoms. The Labute approximate surface area is 134 Å². The van der Waals surface area contributed by atoms with E-state index in [1.807, 2.05) is 0 Å². The molecule has 2 aliphatic heterocycles. The molecule has 0 bridgehead atoms. The number of hydrogen-bond donors (Lipinski definition) is 1. The first-order valence-corrected chi connectivity index (χ1v) is 8.23. The van der Waals surface area contributed by atoms with Crippen LogP contribution in [0, 0.1) is 6.92 Å². The Morgan fingerprint density at radius 1 is 1.30 bits per heavy atom. The van der Waals surface area contributed by atoms with Crippen LogP contribution in [-0.4, -0.2) is 63.0 Å². The van der Waals surface area contributed by atoms with E-state index < -0.39 is 24.9 Å². The number of H-pyrrole nitrogens is 1. The van der Waals surface area contributed by atoms with Crippen molar-refractivity contribution in [3.8, 4) is 0 Å². The lowest BCUT2D eigenvalue weighted by Gasteiger charge is -2.26. The number of nitrogens with zero attached hydrogens (tertiary/aromatic N) is 4. The highest BCUT2D eigenvalue weighted by Gasteiger charge is 2.49. The molecule has 23 heavy (non-hydrogen) atoms. The summed E-state index contributed by atoms with van der Waals surface area (Å²) in [4.78, 5) is 20.1. The van der Waals surface area contributed by atoms with Gasteiger partial charge in [-0.15, -0.1) is 0 Å². The van der Waals surface area contributed by atoms with Crippen LogP contribution in [0.2, 0.25) is 0 Å². The third kappa shape index (κ3) is 3.85. The molecule has 3 rings (SSSR count). The summed E-state index contributed by atoms with van der Waals surface area (Å²) < 4.78 is 27.7. The van der Waals surface area contributed by atoms with Crippen molar-refractivity contribution in [3.05, 3.63) is 11.6 Å². The minimum absolute atomic E-state index is 0.204. The number of aromatic amines is 1. The first kappa shape index (κ1) is 16.3. The van der Waals surface area contributed by atoms with Gasteiger partial charge >= 0.3 is 0 Å². The summed E-state index contributed by atoms with van der Waals surface area (Å²) in [6.45, 7) is 3.10. The molecule has 2 saturated heterocycles. The number of alkyl halides is 2. The fourth-order valence-corrected chi connectivity index (χ4v) is 3.40. The second-order valence-electron chi connectivity index (χ2n) is 6.57. The van der Waals surface area contributed by atoms with Gasteiger partial charge in [0.1, 0.15) is 5.82 Å². The Balaban J connectivity index is 1.71. The van der Waals surface area contributed by atoms with Crippen molar-refractivity contribution < 1.29 is 13.6 Å². The maximum atomic E-state index is 13.9. The molecule has 0 radical (unpaired) electrons. The summed E-state index contributed by atoms with van der Waals surface area (Å²) >= 11 is 0. The van der Waals surface area contributed by atoms with Gasteiger partial charge in [-0.3, -0.25) is 14.8 Å². The van der Waals surface area contributed by atoms with Gasteiger partial charge in [0.25, 0.3) is 5.92 Å². The smallest absolute Gasteiger partial charge is 0.267 e. The van der Waals surface area contributed by atoms with Gasteiger partial charge in [-0.1, -0.05) is 12.8 Å². The maximum Gasteiger partial charge on any atom is 0.267 e. The third-order valence-electron chi connectivity index (χ3n) is 4.56. The zero-order valence-corrected chi connectivity index (χ0v) is 13.4. The highest BCUT2D eigenvalue weighted by atomic mass is 19.3. The number of aromatic nitrogens is 3. The van der Waals surface area contributed by atoms with Crippen molar-refractivity contribution >= 4 is 5.91 Å². The zero-order chi connectivity index (χ0) is 16.4. The molecular weight excluding hydrogens is 304 g/mol. The maximum absolute atomic E-state index is 13.9. The predicted molar refractivity (Wildman–Crippen MR) is 80.0 cm³/mol. The fraction of sp³-hybridized carbons (Fsp3) is 0.800. The molecule has 2 aliphatic rings. The number of likely N-dealkylation sites (tertiary alicyclic amines) is 2. The standard InChI is InChI=1S/C15H23F2N5O/c1-11-18-14(20-19-11)12-8-15(16,17)10-22(12)13(23)9-21-6-4-2-3-5-7-21/h12H,2-10H2,1H3,(H,18,19,20)/t12-/m0/s1. The largest absolute Gasteiger partial charge is 0.325 e. The van der Waals surface area contributed by atoms with Crippen molar-refractivity contribution in [1.29, 1.82) is 0 Å². The van der Waals surface area contributed by atoms with Crippen LogP contribution in [0.15, 0.2) is 0 Å². The lowest BCUT2D eigenvalue weighted by atomic mass is 10.2. The van der Waals surface area contributed by atoms with Crippen LogP contribution in [0.3, 0.4) is 0 Å². The SMILES string of the molecule is Cc1nc([C@@H]2CC(F)(F)CN2C(=O)CN2CCCCCC2)n[nH]1. The van der Waals surface area contributed by atoms with Crippen molar-refractivity contribution in [1.82, 2.24) is 25.0 Å². The van der Waals surface area contributed by atoms with E-state index in [9.17, 15) is 13.6 Å². The van der Waals surface area contributed by atoms with E-state index in [1.54, 1.807) is 6.92 Å². The van der Waals surface area contributed by atoms with Gasteiger partial charge in [0.15, 0.2) is 5.82 Å². The molecule has 6 nitrogen and oxygen atoms in total. The van der Waals surface area contributed by atoms with Gasteiger partial charge in [-0.25, -0.2) is 13.8 Å². The summed E-state index contributed by atoms with van der Waals surface area (Å²) in [7, 11) is 0. The summed E-state index contributed by atoms with van der Waals surface area (Å²) in [6, 6.07) is -0.741. The summed E-state index contributed by atoms with van der Waals surface area (Å²) in [5.74, 6) is -2.29. The summed E-state index contributed by atoms with van der Waals surface area (Å²) in [5.41, 5.74) is 0. The van der Waals surface area contributed by atoms with E-state index in [0.29, 0.717) is 5.82 Å². The predicted octanol–water partition coefficient (Wildman–Crippen LogP) is 1.90. The average molecular weight is 327 g/mol. The molecule has 128 valence electrons. The van der Waals surface area contributed by atoms with Gasteiger partial charge < -0.3 is 4.90 Å². The Kier molecular flexibility index (Phi) is 4.61. The number of carbonyl (C=O) groups is 1. The van der Waals surface area contributed by atoms with E-state index in [4.69, 9.17) is 0 Å². The molecule has 3 heterocycles. The lowest BCUT2D eigenvalue weighted by molar-refractivity contribution is -0.134. The van der Waals surface area contributed by atoms with E-state index >= 15 is 0 Å². The van der Waals surface area contributed by atoms with Crippen LogP contribution in [-0.2, 0) is 4.79 Å².